The van der Waals surface area contributed by atoms with Gasteiger partial charge < -0.3 is 10.1 Å². The molecule has 162 valence electrons. The maximum absolute atomic E-state index is 13.7. The Kier molecular flexibility index (Phi) is 5.57. The van der Waals surface area contributed by atoms with E-state index in [-0.39, 0.29) is 11.6 Å². The second-order valence-corrected chi connectivity index (χ2v) is 8.11. The third-order valence-corrected chi connectivity index (χ3v) is 5.86. The number of carbonyl (C=O) groups is 2. The van der Waals surface area contributed by atoms with Crippen molar-refractivity contribution >= 4 is 28.8 Å². The van der Waals surface area contributed by atoms with Crippen LogP contribution in [0.3, 0.4) is 0 Å². The molecule has 1 heterocycles. The molecule has 0 atom stereocenters. The molecule has 4 rings (SSSR count). The zero-order valence-electron chi connectivity index (χ0n) is 18.9. The quantitative estimate of drug-likeness (QED) is 0.561. The van der Waals surface area contributed by atoms with Crippen molar-refractivity contribution in [2.24, 2.45) is 0 Å². The second kappa shape index (κ2) is 8.35. The van der Waals surface area contributed by atoms with E-state index in [9.17, 15) is 9.59 Å². The minimum Gasteiger partial charge on any atom is -0.495 e. The lowest BCUT2D eigenvalue weighted by molar-refractivity contribution is -0.120. The number of hydrogen-bond acceptors (Lipinski definition) is 4. The third-order valence-electron chi connectivity index (χ3n) is 5.86. The predicted octanol–water partition coefficient (Wildman–Crippen LogP) is 5.33. The Morgan fingerprint density at radius 3 is 2.22 bits per heavy atom. The summed E-state index contributed by atoms with van der Waals surface area (Å²) < 4.78 is 5.43. The van der Waals surface area contributed by atoms with Crippen LogP contribution in [0.1, 0.15) is 27.8 Å². The molecule has 0 unspecified atom stereocenters. The van der Waals surface area contributed by atoms with Gasteiger partial charge in [-0.3, -0.25) is 9.59 Å². The molecule has 32 heavy (non-hydrogen) atoms. The van der Waals surface area contributed by atoms with Gasteiger partial charge in [-0.05, 0) is 73.7 Å². The molecular weight excluding hydrogens is 400 g/mol. The highest BCUT2D eigenvalue weighted by Gasteiger charge is 2.41. The minimum atomic E-state index is -0.409. The van der Waals surface area contributed by atoms with Gasteiger partial charge in [0.15, 0.2) is 0 Å². The van der Waals surface area contributed by atoms with Crippen LogP contribution in [0.2, 0.25) is 0 Å². The van der Waals surface area contributed by atoms with E-state index in [0.717, 1.165) is 27.9 Å². The van der Waals surface area contributed by atoms with Gasteiger partial charge in [0.05, 0.1) is 18.4 Å². The van der Waals surface area contributed by atoms with Crippen LogP contribution >= 0.6 is 0 Å². The summed E-state index contributed by atoms with van der Waals surface area (Å²) in [5.41, 5.74) is 6.75. The van der Waals surface area contributed by atoms with Crippen LogP contribution in [-0.2, 0) is 9.59 Å². The highest BCUT2D eigenvalue weighted by atomic mass is 16.5. The maximum atomic E-state index is 13.7. The normalized spacial score (nSPS) is 13.7. The highest BCUT2D eigenvalue weighted by molar-refractivity contribution is 6.46. The molecule has 5 nitrogen and oxygen atoms in total. The summed E-state index contributed by atoms with van der Waals surface area (Å²) in [6.45, 7) is 7.98. The van der Waals surface area contributed by atoms with Crippen molar-refractivity contribution in [3.63, 3.8) is 0 Å². The number of methoxy groups -OCH3 is 1. The van der Waals surface area contributed by atoms with Gasteiger partial charge in [-0.2, -0.15) is 0 Å². The number of ether oxygens (including phenoxy) is 1. The van der Waals surface area contributed by atoms with Crippen molar-refractivity contribution in [1.82, 2.24) is 0 Å². The van der Waals surface area contributed by atoms with Crippen LogP contribution in [0.4, 0.5) is 11.4 Å². The van der Waals surface area contributed by atoms with Crippen LogP contribution in [0, 0.1) is 27.7 Å². The van der Waals surface area contributed by atoms with Crippen LogP contribution in [0.25, 0.3) is 5.57 Å². The summed E-state index contributed by atoms with van der Waals surface area (Å²) in [6.07, 6.45) is 0. The number of anilines is 2. The van der Waals surface area contributed by atoms with Crippen molar-refractivity contribution in [2.45, 2.75) is 27.7 Å². The molecule has 0 radical (unpaired) electrons. The van der Waals surface area contributed by atoms with Crippen molar-refractivity contribution in [1.29, 1.82) is 0 Å². The fraction of sp³-hybridized carbons (Fsp3) is 0.185. The molecule has 1 aliphatic rings. The van der Waals surface area contributed by atoms with E-state index >= 15 is 0 Å². The number of aryl methyl sites for hydroxylation is 4. The fourth-order valence-corrected chi connectivity index (χ4v) is 3.85. The first-order valence-corrected chi connectivity index (χ1v) is 10.5. The van der Waals surface area contributed by atoms with Crippen molar-refractivity contribution in [2.75, 3.05) is 17.3 Å². The van der Waals surface area contributed by atoms with Gasteiger partial charge in [-0.15, -0.1) is 0 Å². The smallest absolute Gasteiger partial charge is 0.282 e. The summed E-state index contributed by atoms with van der Waals surface area (Å²) in [6, 6.07) is 18.8. The lowest BCUT2D eigenvalue weighted by Crippen LogP contribution is -2.32. The molecule has 0 aliphatic carbocycles. The SMILES string of the molecule is COc1ccccc1N1C(=O)C(Nc2cc(C)ccc2C)=C(c2ccc(C)c(C)c2)C1=O. The predicted molar refractivity (Wildman–Crippen MR) is 128 cm³/mol. The summed E-state index contributed by atoms with van der Waals surface area (Å²) >= 11 is 0. The van der Waals surface area contributed by atoms with Gasteiger partial charge in [0.1, 0.15) is 11.4 Å². The second-order valence-electron chi connectivity index (χ2n) is 8.11. The molecule has 3 aromatic carbocycles. The Bertz CT molecular complexity index is 1270. The Labute approximate surface area is 188 Å². The van der Waals surface area contributed by atoms with Crippen LogP contribution in [-0.4, -0.2) is 18.9 Å². The van der Waals surface area contributed by atoms with E-state index in [2.05, 4.69) is 5.32 Å². The maximum Gasteiger partial charge on any atom is 0.282 e. The van der Waals surface area contributed by atoms with Gasteiger partial charge in [0, 0.05) is 5.69 Å². The molecule has 0 spiro atoms. The van der Waals surface area contributed by atoms with E-state index < -0.39 is 5.91 Å². The number of imide groups is 1. The van der Waals surface area contributed by atoms with Crippen molar-refractivity contribution in [3.05, 3.63) is 94.2 Å². The lowest BCUT2D eigenvalue weighted by atomic mass is 9.99. The molecule has 0 saturated heterocycles. The van der Waals surface area contributed by atoms with E-state index in [1.165, 1.54) is 12.0 Å². The summed E-state index contributed by atoms with van der Waals surface area (Å²) in [7, 11) is 1.52. The van der Waals surface area contributed by atoms with Gasteiger partial charge >= 0.3 is 0 Å². The number of benzene rings is 3. The number of amides is 2. The summed E-state index contributed by atoms with van der Waals surface area (Å²) in [5, 5.41) is 3.28. The summed E-state index contributed by atoms with van der Waals surface area (Å²) in [5.74, 6) is -0.328. The van der Waals surface area contributed by atoms with Crippen LogP contribution in [0.15, 0.2) is 66.4 Å². The number of hydrogen-bond donors (Lipinski definition) is 1. The Morgan fingerprint density at radius 1 is 0.781 bits per heavy atom. The standard InChI is InChI=1S/C27H26N2O3/c1-16-10-11-18(3)21(14-16)28-25-24(20-13-12-17(2)19(4)15-20)26(30)29(27(25)31)22-8-6-7-9-23(22)32-5/h6-15,28H,1-5H3. The molecular formula is C27H26N2O3. The van der Waals surface area contributed by atoms with Crippen molar-refractivity contribution in [3.8, 4) is 5.75 Å². The first-order chi connectivity index (χ1) is 15.3. The van der Waals surface area contributed by atoms with Gasteiger partial charge in [0.25, 0.3) is 11.8 Å². The van der Waals surface area contributed by atoms with Crippen LogP contribution < -0.4 is 15.0 Å². The van der Waals surface area contributed by atoms with E-state index in [0.29, 0.717) is 22.6 Å². The van der Waals surface area contributed by atoms with Gasteiger partial charge in [0.2, 0.25) is 0 Å². The lowest BCUT2D eigenvalue weighted by Gasteiger charge is -2.18. The molecule has 0 aromatic heterocycles. The average molecular weight is 427 g/mol. The van der Waals surface area contributed by atoms with Gasteiger partial charge in [-0.1, -0.05) is 42.5 Å². The molecule has 0 saturated carbocycles. The Balaban J connectivity index is 1.89. The average Bonchev–Trinajstić information content (AvgIpc) is 3.02. The first-order valence-electron chi connectivity index (χ1n) is 10.5. The number of rotatable bonds is 5. The molecule has 5 heteroatoms. The topological polar surface area (TPSA) is 58.6 Å². The fourth-order valence-electron chi connectivity index (χ4n) is 3.85. The van der Waals surface area contributed by atoms with E-state index in [1.54, 1.807) is 24.3 Å². The largest absolute Gasteiger partial charge is 0.495 e. The minimum absolute atomic E-state index is 0.262. The van der Waals surface area contributed by atoms with Crippen LogP contribution in [0.5, 0.6) is 5.75 Å². The Morgan fingerprint density at radius 2 is 1.50 bits per heavy atom. The summed E-state index contributed by atoms with van der Waals surface area (Å²) in [4.78, 5) is 28.5. The van der Waals surface area contributed by atoms with E-state index in [1.807, 2.05) is 64.1 Å². The monoisotopic (exact) mass is 426 g/mol. The van der Waals surface area contributed by atoms with Gasteiger partial charge in [-0.25, -0.2) is 4.90 Å². The highest BCUT2D eigenvalue weighted by Crippen LogP contribution is 2.38. The van der Waals surface area contributed by atoms with Crippen molar-refractivity contribution < 1.29 is 14.3 Å². The van der Waals surface area contributed by atoms with E-state index in [4.69, 9.17) is 4.74 Å². The molecule has 3 aromatic rings. The number of carbonyl (C=O) groups excluding carboxylic acids is 2. The Hall–Kier alpha value is -3.86. The zero-order chi connectivity index (χ0) is 23.0. The molecule has 0 bridgehead atoms. The zero-order valence-corrected chi connectivity index (χ0v) is 18.9. The number of nitrogens with one attached hydrogen (secondary N) is 1. The third kappa shape index (κ3) is 3.66. The molecule has 1 N–H and O–H groups in total. The number of nitrogens with zero attached hydrogens (tertiary/aromatic N) is 1. The molecule has 0 fully saturated rings. The number of para-hydroxylation sites is 2. The molecule has 2 amide bonds. The molecule has 1 aliphatic heterocycles. The first kappa shape index (κ1) is 21.4.